The van der Waals surface area contributed by atoms with Crippen LogP contribution in [-0.2, 0) is 0 Å². The topological polar surface area (TPSA) is 52.2 Å². The monoisotopic (exact) mass is 256 g/mol. The van der Waals surface area contributed by atoms with Gasteiger partial charge in [0.2, 0.25) is 0 Å². The molecule has 98 valence electrons. The Morgan fingerprint density at radius 3 is 2.89 bits per heavy atom. The predicted octanol–water partition coefficient (Wildman–Crippen LogP) is 1.09. The Labute approximate surface area is 111 Å². The SMILES string of the molecule is CN1CC2CC1CN2C(=O)c1n[nH]c2ccccc12. The van der Waals surface area contributed by atoms with Crippen molar-refractivity contribution in [2.45, 2.75) is 18.5 Å². The summed E-state index contributed by atoms with van der Waals surface area (Å²) in [5.41, 5.74) is 1.48. The average Bonchev–Trinajstić information content (AvgIpc) is 3.10. The molecule has 1 aromatic heterocycles. The minimum atomic E-state index is 0.0676. The van der Waals surface area contributed by atoms with Gasteiger partial charge in [-0.1, -0.05) is 18.2 Å². The van der Waals surface area contributed by atoms with E-state index in [2.05, 4.69) is 22.1 Å². The highest BCUT2D eigenvalue weighted by Gasteiger charge is 2.44. The van der Waals surface area contributed by atoms with Crippen molar-refractivity contribution in [1.82, 2.24) is 20.0 Å². The van der Waals surface area contributed by atoms with Gasteiger partial charge in [0, 0.05) is 30.6 Å². The van der Waals surface area contributed by atoms with Gasteiger partial charge in [-0.2, -0.15) is 5.10 Å². The van der Waals surface area contributed by atoms with E-state index in [1.807, 2.05) is 29.2 Å². The number of carbonyl (C=O) groups is 1. The summed E-state index contributed by atoms with van der Waals surface area (Å²) in [6.07, 6.45) is 1.10. The van der Waals surface area contributed by atoms with E-state index in [9.17, 15) is 4.79 Å². The summed E-state index contributed by atoms with van der Waals surface area (Å²) in [6, 6.07) is 8.67. The van der Waals surface area contributed by atoms with Gasteiger partial charge in [-0.05, 0) is 19.5 Å². The summed E-state index contributed by atoms with van der Waals surface area (Å²) in [5.74, 6) is 0.0676. The molecule has 5 nitrogen and oxygen atoms in total. The highest BCUT2D eigenvalue weighted by atomic mass is 16.2. The van der Waals surface area contributed by atoms with Gasteiger partial charge in [-0.25, -0.2) is 0 Å². The van der Waals surface area contributed by atoms with E-state index in [0.717, 1.165) is 30.4 Å². The molecule has 0 aliphatic carbocycles. The molecule has 2 unspecified atom stereocenters. The molecule has 2 bridgehead atoms. The molecule has 2 fully saturated rings. The molecule has 1 amide bonds. The minimum Gasteiger partial charge on any atom is -0.331 e. The normalized spacial score (nSPS) is 26.5. The van der Waals surface area contributed by atoms with E-state index in [4.69, 9.17) is 0 Å². The van der Waals surface area contributed by atoms with Crippen molar-refractivity contribution in [1.29, 1.82) is 0 Å². The molecule has 3 heterocycles. The molecule has 1 N–H and O–H groups in total. The van der Waals surface area contributed by atoms with Crippen LogP contribution in [0.15, 0.2) is 24.3 Å². The Balaban J connectivity index is 1.68. The molecule has 2 aliphatic heterocycles. The first kappa shape index (κ1) is 11.0. The second-order valence-electron chi connectivity index (χ2n) is 5.56. The van der Waals surface area contributed by atoms with Crippen molar-refractivity contribution in [3.05, 3.63) is 30.0 Å². The van der Waals surface area contributed by atoms with E-state index in [1.165, 1.54) is 0 Å². The Morgan fingerprint density at radius 2 is 2.16 bits per heavy atom. The van der Waals surface area contributed by atoms with E-state index in [0.29, 0.717) is 17.8 Å². The van der Waals surface area contributed by atoms with Crippen LogP contribution in [-0.4, -0.2) is 58.1 Å². The summed E-state index contributed by atoms with van der Waals surface area (Å²) >= 11 is 0. The lowest BCUT2D eigenvalue weighted by atomic mass is 10.2. The molecular formula is C14H16N4O. The van der Waals surface area contributed by atoms with Gasteiger partial charge >= 0.3 is 0 Å². The number of carbonyl (C=O) groups excluding carboxylic acids is 1. The second-order valence-corrected chi connectivity index (χ2v) is 5.56. The van der Waals surface area contributed by atoms with E-state index >= 15 is 0 Å². The molecule has 5 heteroatoms. The van der Waals surface area contributed by atoms with Crippen LogP contribution < -0.4 is 0 Å². The molecule has 19 heavy (non-hydrogen) atoms. The lowest BCUT2D eigenvalue weighted by Gasteiger charge is -2.31. The standard InChI is InChI=1S/C14H16N4O/c1-17-7-10-6-9(17)8-18(10)14(19)13-11-4-2-3-5-12(11)15-16-13/h2-5,9-10H,6-8H2,1H3,(H,15,16). The van der Waals surface area contributed by atoms with Crippen LogP contribution in [0.4, 0.5) is 0 Å². The highest BCUT2D eigenvalue weighted by molar-refractivity contribution is 6.04. The summed E-state index contributed by atoms with van der Waals surface area (Å²) in [5, 5.41) is 8.07. The van der Waals surface area contributed by atoms with Crippen LogP contribution in [0.1, 0.15) is 16.9 Å². The largest absolute Gasteiger partial charge is 0.331 e. The van der Waals surface area contributed by atoms with Crippen molar-refractivity contribution in [3.63, 3.8) is 0 Å². The number of piperazine rings is 1. The Kier molecular flexibility index (Phi) is 2.20. The predicted molar refractivity (Wildman–Crippen MR) is 72.0 cm³/mol. The molecule has 2 aliphatic rings. The molecular weight excluding hydrogens is 240 g/mol. The van der Waals surface area contributed by atoms with Crippen LogP contribution in [0.2, 0.25) is 0 Å². The van der Waals surface area contributed by atoms with Gasteiger partial charge in [0.05, 0.1) is 5.52 Å². The minimum absolute atomic E-state index is 0.0676. The lowest BCUT2D eigenvalue weighted by molar-refractivity contribution is 0.0646. The van der Waals surface area contributed by atoms with Gasteiger partial charge in [0.1, 0.15) is 0 Å². The fourth-order valence-corrected chi connectivity index (χ4v) is 3.38. The Hall–Kier alpha value is -1.88. The first-order chi connectivity index (χ1) is 9.24. The molecule has 4 rings (SSSR count). The van der Waals surface area contributed by atoms with Crippen LogP contribution in [0.25, 0.3) is 10.9 Å². The van der Waals surface area contributed by atoms with Gasteiger partial charge in [0.25, 0.3) is 5.91 Å². The van der Waals surface area contributed by atoms with E-state index in [1.54, 1.807) is 0 Å². The van der Waals surface area contributed by atoms with Gasteiger partial charge in [0.15, 0.2) is 5.69 Å². The third-order valence-corrected chi connectivity index (χ3v) is 4.45. The number of aromatic amines is 1. The number of benzene rings is 1. The number of hydrogen-bond acceptors (Lipinski definition) is 3. The third-order valence-electron chi connectivity index (χ3n) is 4.45. The van der Waals surface area contributed by atoms with Gasteiger partial charge < -0.3 is 4.90 Å². The average molecular weight is 256 g/mol. The third kappa shape index (κ3) is 1.51. The second kappa shape index (κ2) is 3.81. The van der Waals surface area contributed by atoms with Crippen molar-refractivity contribution >= 4 is 16.8 Å². The van der Waals surface area contributed by atoms with Crippen molar-refractivity contribution in [3.8, 4) is 0 Å². The summed E-state index contributed by atoms with van der Waals surface area (Å²) in [4.78, 5) is 17.0. The van der Waals surface area contributed by atoms with Crippen LogP contribution in [0.3, 0.4) is 0 Å². The van der Waals surface area contributed by atoms with Crippen LogP contribution in [0.5, 0.6) is 0 Å². The number of hydrogen-bond donors (Lipinski definition) is 1. The molecule has 2 aromatic rings. The van der Waals surface area contributed by atoms with Crippen LogP contribution >= 0.6 is 0 Å². The number of para-hydroxylation sites is 1. The molecule has 2 saturated heterocycles. The zero-order valence-electron chi connectivity index (χ0n) is 10.8. The first-order valence-corrected chi connectivity index (χ1v) is 6.68. The zero-order valence-corrected chi connectivity index (χ0v) is 10.8. The number of amides is 1. The number of nitrogens with zero attached hydrogens (tertiary/aromatic N) is 3. The van der Waals surface area contributed by atoms with E-state index < -0.39 is 0 Å². The summed E-state index contributed by atoms with van der Waals surface area (Å²) in [6.45, 7) is 1.82. The fourth-order valence-electron chi connectivity index (χ4n) is 3.38. The number of nitrogens with one attached hydrogen (secondary N) is 1. The van der Waals surface area contributed by atoms with Gasteiger partial charge in [-0.15, -0.1) is 0 Å². The quantitative estimate of drug-likeness (QED) is 0.831. The van der Waals surface area contributed by atoms with Crippen molar-refractivity contribution < 1.29 is 4.79 Å². The zero-order chi connectivity index (χ0) is 13.0. The number of likely N-dealkylation sites (tertiary alicyclic amines) is 2. The van der Waals surface area contributed by atoms with Crippen molar-refractivity contribution in [2.75, 3.05) is 20.1 Å². The van der Waals surface area contributed by atoms with E-state index in [-0.39, 0.29) is 5.91 Å². The number of likely N-dealkylation sites (N-methyl/N-ethyl adjacent to an activating group) is 1. The van der Waals surface area contributed by atoms with Crippen molar-refractivity contribution in [2.24, 2.45) is 0 Å². The molecule has 1 aromatic carbocycles. The smallest absolute Gasteiger partial charge is 0.275 e. The number of rotatable bonds is 1. The maximum Gasteiger partial charge on any atom is 0.275 e. The first-order valence-electron chi connectivity index (χ1n) is 6.68. The summed E-state index contributed by atoms with van der Waals surface area (Å²) in [7, 11) is 2.14. The Morgan fingerprint density at radius 1 is 1.32 bits per heavy atom. The van der Waals surface area contributed by atoms with Gasteiger partial charge in [-0.3, -0.25) is 14.8 Å². The molecule has 0 saturated carbocycles. The number of aromatic nitrogens is 2. The summed E-state index contributed by atoms with van der Waals surface area (Å²) < 4.78 is 0. The van der Waals surface area contributed by atoms with Crippen LogP contribution in [0, 0.1) is 0 Å². The molecule has 2 atom stereocenters. The highest BCUT2D eigenvalue weighted by Crippen LogP contribution is 2.31. The fraction of sp³-hybridized carbons (Fsp3) is 0.429. The Bertz CT molecular complexity index is 648. The maximum atomic E-state index is 12.6. The molecule has 0 radical (unpaired) electrons. The number of fused-ring (bicyclic) bond motifs is 3. The number of H-pyrrole nitrogens is 1. The maximum absolute atomic E-state index is 12.6. The molecule has 0 spiro atoms. The lowest BCUT2D eigenvalue weighted by Crippen LogP contribution is -2.47.